The number of thiophene rings is 1. The molecule has 2 aromatic rings. The van der Waals surface area contributed by atoms with Crippen LogP contribution in [-0.2, 0) is 16.1 Å². The SMILES string of the molecule is CC(=O)NCc1ccc(C(=O)COC(=O)c2ccc(OCC(C)C)cc2)s1. The molecule has 1 aromatic carbocycles. The molecule has 1 heterocycles. The van der Waals surface area contributed by atoms with E-state index in [1.807, 2.05) is 0 Å². The van der Waals surface area contributed by atoms with Crippen LogP contribution in [0.25, 0.3) is 0 Å². The molecule has 0 radical (unpaired) electrons. The van der Waals surface area contributed by atoms with Gasteiger partial charge in [0.2, 0.25) is 11.7 Å². The smallest absolute Gasteiger partial charge is 0.338 e. The van der Waals surface area contributed by atoms with Crippen LogP contribution < -0.4 is 10.1 Å². The molecule has 1 N–H and O–H groups in total. The summed E-state index contributed by atoms with van der Waals surface area (Å²) in [7, 11) is 0. The number of nitrogens with one attached hydrogen (secondary N) is 1. The maximum atomic E-state index is 12.2. The molecular weight excluding hydrogens is 366 g/mol. The standard InChI is InChI=1S/C20H23NO5S/c1-13(2)11-25-16-6-4-15(5-7-16)20(24)26-12-18(23)19-9-8-17(27-19)10-21-14(3)22/h4-9,13H,10-12H2,1-3H3,(H,21,22). The van der Waals surface area contributed by atoms with Gasteiger partial charge >= 0.3 is 5.97 Å². The molecule has 0 saturated heterocycles. The van der Waals surface area contributed by atoms with Crippen molar-refractivity contribution in [1.82, 2.24) is 5.32 Å². The van der Waals surface area contributed by atoms with Gasteiger partial charge in [0.1, 0.15) is 5.75 Å². The van der Waals surface area contributed by atoms with Gasteiger partial charge in [0, 0.05) is 11.8 Å². The van der Waals surface area contributed by atoms with Crippen molar-refractivity contribution in [2.45, 2.75) is 27.3 Å². The molecule has 0 fully saturated rings. The number of benzene rings is 1. The van der Waals surface area contributed by atoms with E-state index in [4.69, 9.17) is 9.47 Å². The van der Waals surface area contributed by atoms with Gasteiger partial charge in [-0.2, -0.15) is 0 Å². The minimum atomic E-state index is -0.561. The van der Waals surface area contributed by atoms with Crippen molar-refractivity contribution in [3.05, 3.63) is 51.7 Å². The second-order valence-corrected chi connectivity index (χ2v) is 7.57. The molecule has 6 nitrogen and oxygen atoms in total. The highest BCUT2D eigenvalue weighted by molar-refractivity contribution is 7.14. The fourth-order valence-corrected chi connectivity index (χ4v) is 2.94. The average molecular weight is 389 g/mol. The lowest BCUT2D eigenvalue weighted by atomic mass is 10.2. The van der Waals surface area contributed by atoms with E-state index < -0.39 is 5.97 Å². The highest BCUT2D eigenvalue weighted by atomic mass is 32.1. The third-order valence-electron chi connectivity index (χ3n) is 3.46. The van der Waals surface area contributed by atoms with Crippen LogP contribution in [0.3, 0.4) is 0 Å². The minimum Gasteiger partial charge on any atom is -0.493 e. The summed E-state index contributed by atoms with van der Waals surface area (Å²) in [5.41, 5.74) is 0.359. The molecule has 0 aliphatic rings. The van der Waals surface area contributed by atoms with E-state index in [9.17, 15) is 14.4 Å². The summed E-state index contributed by atoms with van der Waals surface area (Å²) in [5.74, 6) is 0.122. The first kappa shape index (κ1) is 20.6. The van der Waals surface area contributed by atoms with Gasteiger partial charge < -0.3 is 14.8 Å². The number of hydrogen-bond acceptors (Lipinski definition) is 6. The predicted molar refractivity (Wildman–Crippen MR) is 103 cm³/mol. The van der Waals surface area contributed by atoms with Gasteiger partial charge in [0.25, 0.3) is 0 Å². The number of Topliss-reactive ketones (excluding diaryl/α,β-unsaturated/α-hetero) is 1. The van der Waals surface area contributed by atoms with Crippen LogP contribution in [-0.4, -0.2) is 30.9 Å². The van der Waals surface area contributed by atoms with Crippen molar-refractivity contribution in [3.8, 4) is 5.75 Å². The van der Waals surface area contributed by atoms with Crippen molar-refractivity contribution >= 4 is 29.0 Å². The topological polar surface area (TPSA) is 81.7 Å². The molecule has 0 aliphatic carbocycles. The second-order valence-electron chi connectivity index (χ2n) is 6.40. The average Bonchev–Trinajstić information content (AvgIpc) is 3.12. The van der Waals surface area contributed by atoms with Crippen molar-refractivity contribution in [3.63, 3.8) is 0 Å². The maximum absolute atomic E-state index is 12.2. The van der Waals surface area contributed by atoms with Crippen molar-refractivity contribution < 1.29 is 23.9 Å². The Morgan fingerprint density at radius 2 is 1.78 bits per heavy atom. The van der Waals surface area contributed by atoms with Gasteiger partial charge in [0.05, 0.1) is 23.6 Å². The van der Waals surface area contributed by atoms with Crippen LogP contribution in [0.4, 0.5) is 0 Å². The van der Waals surface area contributed by atoms with E-state index in [0.717, 1.165) is 4.88 Å². The molecule has 144 valence electrons. The zero-order valence-electron chi connectivity index (χ0n) is 15.6. The molecule has 0 saturated carbocycles. The maximum Gasteiger partial charge on any atom is 0.338 e. The molecule has 0 unspecified atom stereocenters. The lowest BCUT2D eigenvalue weighted by molar-refractivity contribution is -0.119. The number of carbonyl (C=O) groups is 3. The number of rotatable bonds is 9. The fraction of sp³-hybridized carbons (Fsp3) is 0.350. The van der Waals surface area contributed by atoms with Gasteiger partial charge in [-0.05, 0) is 42.3 Å². The molecular formula is C20H23NO5S. The zero-order chi connectivity index (χ0) is 19.8. The van der Waals surface area contributed by atoms with E-state index >= 15 is 0 Å². The molecule has 0 spiro atoms. The first-order chi connectivity index (χ1) is 12.8. The first-order valence-electron chi connectivity index (χ1n) is 8.61. The first-order valence-corrected chi connectivity index (χ1v) is 9.43. The Morgan fingerprint density at radius 1 is 1.07 bits per heavy atom. The molecule has 1 aromatic heterocycles. The Kier molecular flexibility index (Phi) is 7.55. The Morgan fingerprint density at radius 3 is 2.41 bits per heavy atom. The Hall–Kier alpha value is -2.67. The number of hydrogen-bond donors (Lipinski definition) is 1. The molecule has 0 atom stereocenters. The molecule has 1 amide bonds. The highest BCUT2D eigenvalue weighted by Crippen LogP contribution is 2.18. The van der Waals surface area contributed by atoms with Crippen molar-refractivity contribution in [2.75, 3.05) is 13.2 Å². The number of carbonyl (C=O) groups excluding carboxylic acids is 3. The van der Waals surface area contributed by atoms with E-state index in [0.29, 0.717) is 35.3 Å². The molecule has 0 bridgehead atoms. The number of ketones is 1. The third kappa shape index (κ3) is 6.86. The minimum absolute atomic E-state index is 0.133. The van der Waals surface area contributed by atoms with E-state index in [-0.39, 0.29) is 18.3 Å². The van der Waals surface area contributed by atoms with Crippen molar-refractivity contribution in [2.24, 2.45) is 5.92 Å². The Balaban J connectivity index is 1.84. The Bertz CT molecular complexity index is 795. The molecule has 27 heavy (non-hydrogen) atoms. The highest BCUT2D eigenvalue weighted by Gasteiger charge is 2.14. The van der Waals surface area contributed by atoms with Crippen LogP contribution in [0.5, 0.6) is 5.75 Å². The van der Waals surface area contributed by atoms with Gasteiger partial charge in [-0.3, -0.25) is 9.59 Å². The van der Waals surface area contributed by atoms with Gasteiger partial charge in [-0.25, -0.2) is 4.79 Å². The summed E-state index contributed by atoms with van der Waals surface area (Å²) in [6.07, 6.45) is 0. The predicted octanol–water partition coefficient (Wildman–Crippen LogP) is 3.46. The number of amides is 1. The monoisotopic (exact) mass is 389 g/mol. The van der Waals surface area contributed by atoms with Gasteiger partial charge in [-0.15, -0.1) is 11.3 Å². The summed E-state index contributed by atoms with van der Waals surface area (Å²) in [6.45, 7) is 6.19. The van der Waals surface area contributed by atoms with Crippen LogP contribution in [0, 0.1) is 5.92 Å². The third-order valence-corrected chi connectivity index (χ3v) is 4.58. The summed E-state index contributed by atoms with van der Waals surface area (Å²) in [4.78, 5) is 36.5. The van der Waals surface area contributed by atoms with E-state index in [2.05, 4.69) is 19.2 Å². The van der Waals surface area contributed by atoms with Gasteiger partial charge in [0.15, 0.2) is 6.61 Å². The van der Waals surface area contributed by atoms with E-state index in [1.54, 1.807) is 36.4 Å². The molecule has 0 aliphatic heterocycles. The second kappa shape index (κ2) is 9.87. The fourth-order valence-electron chi connectivity index (χ4n) is 2.07. The normalized spacial score (nSPS) is 10.5. The summed E-state index contributed by atoms with van der Waals surface area (Å²) in [6, 6.07) is 10.1. The quantitative estimate of drug-likeness (QED) is 0.525. The van der Waals surface area contributed by atoms with Crippen LogP contribution in [0.15, 0.2) is 36.4 Å². The summed E-state index contributed by atoms with van der Waals surface area (Å²) >= 11 is 1.27. The molecule has 2 rings (SSSR count). The van der Waals surface area contributed by atoms with Crippen LogP contribution in [0.1, 0.15) is 45.7 Å². The van der Waals surface area contributed by atoms with Gasteiger partial charge in [-0.1, -0.05) is 13.8 Å². The molecule has 7 heteroatoms. The summed E-state index contributed by atoms with van der Waals surface area (Å²) < 4.78 is 10.7. The zero-order valence-corrected chi connectivity index (χ0v) is 16.4. The van der Waals surface area contributed by atoms with Crippen LogP contribution in [0.2, 0.25) is 0 Å². The Labute approximate surface area is 162 Å². The van der Waals surface area contributed by atoms with E-state index in [1.165, 1.54) is 18.3 Å². The lowest BCUT2D eigenvalue weighted by Gasteiger charge is -2.09. The lowest BCUT2D eigenvalue weighted by Crippen LogP contribution is -2.18. The summed E-state index contributed by atoms with van der Waals surface area (Å²) in [5, 5.41) is 2.67. The number of ether oxygens (including phenoxy) is 2. The number of esters is 1. The van der Waals surface area contributed by atoms with Crippen molar-refractivity contribution in [1.29, 1.82) is 0 Å². The van der Waals surface area contributed by atoms with Crippen LogP contribution >= 0.6 is 11.3 Å². The largest absolute Gasteiger partial charge is 0.493 e.